The Labute approximate surface area is 232 Å². The van der Waals surface area contributed by atoms with Gasteiger partial charge in [-0.05, 0) is 54.7 Å². The van der Waals surface area contributed by atoms with Crippen molar-refractivity contribution in [2.24, 2.45) is 11.8 Å². The smallest absolute Gasteiger partial charge is 0.248 e. The molecule has 2 unspecified atom stereocenters. The van der Waals surface area contributed by atoms with Gasteiger partial charge >= 0.3 is 0 Å². The molecule has 202 valence electrons. The molecule has 3 amide bonds. The first-order valence-electron chi connectivity index (χ1n) is 13.5. The van der Waals surface area contributed by atoms with Crippen LogP contribution in [0.25, 0.3) is 10.8 Å². The molecule has 6 rings (SSSR count). The molecule has 6 atom stereocenters. The number of nitrogens with zero attached hydrogens (tertiary/aromatic N) is 1. The van der Waals surface area contributed by atoms with Crippen molar-refractivity contribution in [1.82, 2.24) is 10.2 Å². The van der Waals surface area contributed by atoms with Gasteiger partial charge in [0.05, 0.1) is 29.2 Å². The number of nitrogens with one attached hydrogen (secondary N) is 2. The molecule has 7 nitrogen and oxygen atoms in total. The van der Waals surface area contributed by atoms with E-state index in [1.165, 1.54) is 0 Å². The van der Waals surface area contributed by atoms with Crippen LogP contribution < -0.4 is 10.6 Å². The average molecular weight is 544 g/mol. The van der Waals surface area contributed by atoms with Crippen LogP contribution in [0.5, 0.6) is 0 Å². The second kappa shape index (κ2) is 9.68. The zero-order chi connectivity index (χ0) is 27.4. The highest BCUT2D eigenvalue weighted by molar-refractivity contribution is 8.02. The second-order valence-electron chi connectivity index (χ2n) is 11.2. The largest absolute Gasteiger partial charge is 0.394 e. The quantitative estimate of drug-likeness (QED) is 0.423. The zero-order valence-corrected chi connectivity index (χ0v) is 22.9. The van der Waals surface area contributed by atoms with Gasteiger partial charge in [-0.15, -0.1) is 11.8 Å². The third-order valence-electron chi connectivity index (χ3n) is 8.93. The van der Waals surface area contributed by atoms with Crippen LogP contribution in [0, 0.1) is 11.8 Å². The summed E-state index contributed by atoms with van der Waals surface area (Å²) in [5, 5.41) is 18.5. The predicted octanol–water partition coefficient (Wildman–Crippen LogP) is 3.61. The Hall–Kier alpha value is -3.36. The molecule has 3 N–H and O–H groups in total. The Morgan fingerprint density at radius 2 is 1.74 bits per heavy atom. The van der Waals surface area contributed by atoms with Gasteiger partial charge in [0.1, 0.15) is 6.04 Å². The minimum absolute atomic E-state index is 0.163. The molecular weight excluding hydrogens is 510 g/mol. The van der Waals surface area contributed by atoms with Gasteiger partial charge in [0.15, 0.2) is 0 Å². The molecule has 3 aliphatic heterocycles. The fraction of sp³-hybridized carbons (Fsp3) is 0.387. The van der Waals surface area contributed by atoms with Crippen LogP contribution in [0.2, 0.25) is 0 Å². The second-order valence-corrected chi connectivity index (χ2v) is 13.1. The Bertz CT molecular complexity index is 1450. The van der Waals surface area contributed by atoms with Crippen molar-refractivity contribution < 1.29 is 19.5 Å². The standard InChI is InChI=1S/C31H33N3O4S/c1-30-14-15-31(39-30)25(24(30)27(36)32-2)29(38)34(23(18-35)16-19-8-4-3-5-9-19)26(31)28(37)33-22-13-12-20-10-6-7-11-21(20)17-22/h3-13,17,23-26,35H,14-16,18H2,1-2H3,(H,32,36)(H,33,37)/t23-,24+,25+,26?,30-,31?/m1/s1. The number of likely N-dealkylation sites (tertiary alicyclic amines) is 1. The summed E-state index contributed by atoms with van der Waals surface area (Å²) in [4.78, 5) is 43.4. The summed E-state index contributed by atoms with van der Waals surface area (Å²) >= 11 is 1.63. The maximum Gasteiger partial charge on any atom is 0.248 e. The van der Waals surface area contributed by atoms with Crippen LogP contribution in [-0.4, -0.2) is 63.0 Å². The number of aliphatic hydroxyl groups excluding tert-OH is 1. The highest BCUT2D eigenvalue weighted by Gasteiger charge is 2.77. The third-order valence-corrected chi connectivity index (χ3v) is 10.9. The summed E-state index contributed by atoms with van der Waals surface area (Å²) < 4.78 is -1.17. The van der Waals surface area contributed by atoms with Crippen LogP contribution in [0.1, 0.15) is 25.3 Å². The predicted molar refractivity (Wildman–Crippen MR) is 153 cm³/mol. The lowest BCUT2D eigenvalue weighted by molar-refractivity contribution is -0.142. The molecular formula is C31H33N3O4S. The number of hydrogen-bond acceptors (Lipinski definition) is 5. The Morgan fingerprint density at radius 3 is 2.46 bits per heavy atom. The molecule has 3 heterocycles. The van der Waals surface area contributed by atoms with Crippen molar-refractivity contribution in [3.8, 4) is 0 Å². The van der Waals surface area contributed by atoms with Gasteiger partial charge in [-0.3, -0.25) is 14.4 Å². The number of anilines is 1. The van der Waals surface area contributed by atoms with E-state index in [1.54, 1.807) is 23.7 Å². The van der Waals surface area contributed by atoms with Gasteiger partial charge in [-0.2, -0.15) is 0 Å². The van der Waals surface area contributed by atoms with Crippen molar-refractivity contribution in [3.05, 3.63) is 78.4 Å². The lowest BCUT2D eigenvalue weighted by Gasteiger charge is -2.37. The van der Waals surface area contributed by atoms with Crippen molar-refractivity contribution in [2.75, 3.05) is 19.0 Å². The molecule has 39 heavy (non-hydrogen) atoms. The van der Waals surface area contributed by atoms with Gasteiger partial charge in [-0.1, -0.05) is 60.7 Å². The summed E-state index contributed by atoms with van der Waals surface area (Å²) in [5.74, 6) is -1.82. The van der Waals surface area contributed by atoms with Gasteiger partial charge in [0, 0.05) is 17.5 Å². The highest BCUT2D eigenvalue weighted by Crippen LogP contribution is 2.71. The Morgan fingerprint density at radius 1 is 1.03 bits per heavy atom. The van der Waals surface area contributed by atoms with Crippen molar-refractivity contribution in [2.45, 2.75) is 47.8 Å². The normalized spacial score (nSPS) is 29.9. The van der Waals surface area contributed by atoms with Crippen LogP contribution in [0.4, 0.5) is 5.69 Å². The molecule has 8 heteroatoms. The minimum atomic E-state index is -0.816. The fourth-order valence-corrected chi connectivity index (χ4v) is 9.57. The molecule has 0 radical (unpaired) electrons. The molecule has 0 saturated carbocycles. The van der Waals surface area contributed by atoms with E-state index < -0.39 is 33.4 Å². The van der Waals surface area contributed by atoms with Gasteiger partial charge in [0.2, 0.25) is 17.7 Å². The van der Waals surface area contributed by atoms with E-state index in [1.807, 2.05) is 79.7 Å². The summed E-state index contributed by atoms with van der Waals surface area (Å²) in [5.41, 5.74) is 1.63. The average Bonchev–Trinajstić information content (AvgIpc) is 3.52. The zero-order valence-electron chi connectivity index (χ0n) is 22.1. The van der Waals surface area contributed by atoms with E-state index in [0.29, 0.717) is 18.5 Å². The van der Waals surface area contributed by atoms with E-state index in [2.05, 4.69) is 10.6 Å². The lowest BCUT2D eigenvalue weighted by Crippen LogP contribution is -2.55. The molecule has 0 aliphatic carbocycles. The van der Waals surface area contributed by atoms with E-state index in [-0.39, 0.29) is 24.3 Å². The summed E-state index contributed by atoms with van der Waals surface area (Å²) in [6, 6.07) is 22.0. The number of fused-ring (bicyclic) bond motifs is 2. The molecule has 0 aromatic heterocycles. The molecule has 3 saturated heterocycles. The van der Waals surface area contributed by atoms with E-state index in [4.69, 9.17) is 0 Å². The first-order valence-corrected chi connectivity index (χ1v) is 14.3. The number of hydrogen-bond donors (Lipinski definition) is 3. The molecule has 3 fully saturated rings. The number of aliphatic hydroxyl groups is 1. The van der Waals surface area contributed by atoms with Crippen LogP contribution in [0.3, 0.4) is 0 Å². The minimum Gasteiger partial charge on any atom is -0.394 e. The van der Waals surface area contributed by atoms with Crippen LogP contribution in [-0.2, 0) is 20.8 Å². The first-order chi connectivity index (χ1) is 18.8. The first kappa shape index (κ1) is 25.9. The number of rotatable bonds is 7. The lowest BCUT2D eigenvalue weighted by atomic mass is 9.66. The molecule has 1 spiro atoms. The molecule has 3 aromatic carbocycles. The highest BCUT2D eigenvalue weighted by atomic mass is 32.2. The van der Waals surface area contributed by atoms with Crippen molar-refractivity contribution in [1.29, 1.82) is 0 Å². The van der Waals surface area contributed by atoms with Crippen molar-refractivity contribution in [3.63, 3.8) is 0 Å². The van der Waals surface area contributed by atoms with Crippen LogP contribution >= 0.6 is 11.8 Å². The number of carbonyl (C=O) groups is 3. The monoisotopic (exact) mass is 543 g/mol. The third kappa shape index (κ3) is 4.03. The SMILES string of the molecule is CNC(=O)[C@@H]1[C@H]2C(=O)N([C@@H](CO)Cc3ccccc3)C(C(=O)Nc3ccc4ccccc4c3)C23CC[C@@]1(C)S3. The maximum atomic E-state index is 14.3. The maximum absolute atomic E-state index is 14.3. The topological polar surface area (TPSA) is 98.7 Å². The summed E-state index contributed by atoms with van der Waals surface area (Å²) in [6.07, 6.45) is 1.82. The number of carbonyl (C=O) groups excluding carboxylic acids is 3. The van der Waals surface area contributed by atoms with Crippen LogP contribution in [0.15, 0.2) is 72.8 Å². The fourth-order valence-electron chi connectivity index (χ4n) is 7.23. The van der Waals surface area contributed by atoms with Crippen molar-refractivity contribution >= 4 is 45.9 Å². The molecule has 2 bridgehead atoms. The number of amides is 3. The van der Waals surface area contributed by atoms with E-state index >= 15 is 0 Å². The van der Waals surface area contributed by atoms with E-state index in [0.717, 1.165) is 22.8 Å². The number of thioether (sulfide) groups is 1. The van der Waals surface area contributed by atoms with E-state index in [9.17, 15) is 19.5 Å². The van der Waals surface area contributed by atoms with Gasteiger partial charge in [-0.25, -0.2) is 0 Å². The number of benzene rings is 3. The van der Waals surface area contributed by atoms with Gasteiger partial charge in [0.25, 0.3) is 0 Å². The summed E-state index contributed by atoms with van der Waals surface area (Å²) in [7, 11) is 1.60. The Balaban J connectivity index is 1.41. The van der Waals surface area contributed by atoms with Gasteiger partial charge < -0.3 is 20.6 Å². The Kier molecular flexibility index (Phi) is 6.43. The molecule has 3 aromatic rings. The summed E-state index contributed by atoms with van der Waals surface area (Å²) in [6.45, 7) is 1.77. The molecule has 3 aliphatic rings.